The summed E-state index contributed by atoms with van der Waals surface area (Å²) in [6.07, 6.45) is 0. The van der Waals surface area contributed by atoms with Crippen molar-refractivity contribution in [2.24, 2.45) is 0 Å². The van der Waals surface area contributed by atoms with E-state index >= 15 is 0 Å². The van der Waals surface area contributed by atoms with E-state index in [9.17, 15) is 9.59 Å². The normalized spacial score (nSPS) is 21.9. The number of nitrogens with zero attached hydrogens (tertiary/aromatic N) is 1. The van der Waals surface area contributed by atoms with E-state index in [-0.39, 0.29) is 5.37 Å². The zero-order valence-corrected chi connectivity index (χ0v) is 12.7. The summed E-state index contributed by atoms with van der Waals surface area (Å²) in [4.78, 5) is 24.7. The first-order chi connectivity index (χ1) is 9.40. The number of carbonyl (C=O) groups excluding carboxylic acids is 1. The maximum Gasteiger partial charge on any atom is 0.327 e. The van der Waals surface area contributed by atoms with Crippen LogP contribution in [0.3, 0.4) is 0 Å². The lowest BCUT2D eigenvalue weighted by Crippen LogP contribution is -2.46. The fourth-order valence-electron chi connectivity index (χ4n) is 2.00. The molecule has 0 aromatic heterocycles. The molecule has 0 bridgehead atoms. The molecular weight excluding hydrogens is 300 g/mol. The predicted octanol–water partition coefficient (Wildman–Crippen LogP) is 3.03. The molecule has 2 unspecified atom stereocenters. The van der Waals surface area contributed by atoms with Crippen LogP contribution in [0.25, 0.3) is 0 Å². The zero-order valence-electron chi connectivity index (χ0n) is 11.1. The van der Waals surface area contributed by atoms with Gasteiger partial charge in [0.1, 0.15) is 6.04 Å². The first-order valence-electron chi connectivity index (χ1n) is 6.10. The van der Waals surface area contributed by atoms with Crippen LogP contribution in [0.5, 0.6) is 0 Å². The summed E-state index contributed by atoms with van der Waals surface area (Å²) in [6.45, 7) is 3.68. The van der Waals surface area contributed by atoms with Crippen molar-refractivity contribution in [2.45, 2.75) is 25.3 Å². The third-order valence-electron chi connectivity index (χ3n) is 3.17. The topological polar surface area (TPSA) is 69.6 Å². The SMILES string of the molecule is Cc1ccc(NC(=O)N2C(C)SCC2C(=O)O)cc1Cl. The molecule has 0 radical (unpaired) electrons. The number of amides is 2. The molecule has 2 amide bonds. The van der Waals surface area contributed by atoms with Gasteiger partial charge in [0, 0.05) is 16.5 Å². The standard InChI is InChI=1S/C13H15ClN2O3S/c1-7-3-4-9(5-10(7)14)15-13(19)16-8(2)20-6-11(16)12(17)18/h3-5,8,11H,6H2,1-2H3,(H,15,19)(H,17,18). The van der Waals surface area contributed by atoms with Gasteiger partial charge in [0.15, 0.2) is 0 Å². The predicted molar refractivity (Wildman–Crippen MR) is 80.4 cm³/mol. The largest absolute Gasteiger partial charge is 0.480 e. The third kappa shape index (κ3) is 3.02. The fourth-order valence-corrected chi connectivity index (χ4v) is 3.35. The molecule has 0 spiro atoms. The van der Waals surface area contributed by atoms with Crippen LogP contribution in [0.2, 0.25) is 5.02 Å². The number of urea groups is 1. The number of aliphatic carboxylic acids is 1. The number of anilines is 1. The molecule has 7 heteroatoms. The lowest BCUT2D eigenvalue weighted by atomic mass is 10.2. The summed E-state index contributed by atoms with van der Waals surface area (Å²) in [5.41, 5.74) is 1.47. The molecule has 2 N–H and O–H groups in total. The smallest absolute Gasteiger partial charge is 0.327 e. The molecule has 2 atom stereocenters. The van der Waals surface area contributed by atoms with Crippen LogP contribution >= 0.6 is 23.4 Å². The van der Waals surface area contributed by atoms with Gasteiger partial charge in [-0.25, -0.2) is 9.59 Å². The van der Waals surface area contributed by atoms with Crippen molar-refractivity contribution in [1.29, 1.82) is 0 Å². The number of hydrogen-bond acceptors (Lipinski definition) is 3. The second kappa shape index (κ2) is 5.93. The highest BCUT2D eigenvalue weighted by molar-refractivity contribution is 8.00. The van der Waals surface area contributed by atoms with Crippen molar-refractivity contribution in [3.8, 4) is 0 Å². The minimum absolute atomic E-state index is 0.169. The Hall–Kier alpha value is -1.40. The number of carboxylic acids is 1. The quantitative estimate of drug-likeness (QED) is 0.880. The Labute approximate surface area is 126 Å². The average molecular weight is 315 g/mol. The Morgan fingerprint density at radius 3 is 2.80 bits per heavy atom. The Morgan fingerprint density at radius 1 is 1.50 bits per heavy atom. The average Bonchev–Trinajstić information content (AvgIpc) is 2.76. The van der Waals surface area contributed by atoms with Crippen molar-refractivity contribution in [2.75, 3.05) is 11.1 Å². The van der Waals surface area contributed by atoms with Gasteiger partial charge in [0.25, 0.3) is 0 Å². The number of nitrogens with one attached hydrogen (secondary N) is 1. The van der Waals surface area contributed by atoms with Gasteiger partial charge in [-0.2, -0.15) is 0 Å². The van der Waals surface area contributed by atoms with Crippen LogP contribution in [0.1, 0.15) is 12.5 Å². The second-order valence-electron chi connectivity index (χ2n) is 4.59. The number of carboxylic acid groups (broad SMARTS) is 1. The molecule has 0 saturated carbocycles. The molecule has 0 aliphatic carbocycles. The van der Waals surface area contributed by atoms with Crippen molar-refractivity contribution in [3.05, 3.63) is 28.8 Å². The van der Waals surface area contributed by atoms with E-state index in [4.69, 9.17) is 16.7 Å². The van der Waals surface area contributed by atoms with Gasteiger partial charge < -0.3 is 10.4 Å². The molecule has 1 saturated heterocycles. The van der Waals surface area contributed by atoms with E-state index in [0.717, 1.165) is 5.56 Å². The van der Waals surface area contributed by atoms with Gasteiger partial charge in [-0.3, -0.25) is 4.90 Å². The van der Waals surface area contributed by atoms with Gasteiger partial charge in [0.2, 0.25) is 0 Å². The van der Waals surface area contributed by atoms with E-state index in [1.807, 2.05) is 13.8 Å². The highest BCUT2D eigenvalue weighted by atomic mass is 35.5. The van der Waals surface area contributed by atoms with Crippen LogP contribution in [0, 0.1) is 6.92 Å². The summed E-state index contributed by atoms with van der Waals surface area (Å²) in [6, 6.07) is 3.97. The number of rotatable bonds is 2. The molecule has 1 aromatic rings. The highest BCUT2D eigenvalue weighted by Gasteiger charge is 2.39. The molecular formula is C13H15ClN2O3S. The first kappa shape index (κ1) is 15.0. The van der Waals surface area contributed by atoms with E-state index in [2.05, 4.69) is 5.32 Å². The van der Waals surface area contributed by atoms with Gasteiger partial charge in [-0.1, -0.05) is 17.7 Å². The molecule has 108 valence electrons. The number of halogens is 1. The van der Waals surface area contributed by atoms with Crippen LogP contribution in [0.15, 0.2) is 18.2 Å². The Morgan fingerprint density at radius 2 is 2.20 bits per heavy atom. The Balaban J connectivity index is 2.14. The summed E-state index contributed by atoms with van der Waals surface area (Å²) in [5.74, 6) is -0.586. The van der Waals surface area contributed by atoms with Gasteiger partial charge >= 0.3 is 12.0 Å². The lowest BCUT2D eigenvalue weighted by molar-refractivity contribution is -0.141. The molecule has 1 aliphatic heterocycles. The van der Waals surface area contributed by atoms with Crippen LogP contribution in [0.4, 0.5) is 10.5 Å². The van der Waals surface area contributed by atoms with E-state index in [1.165, 1.54) is 16.7 Å². The third-order valence-corrected chi connectivity index (χ3v) is 4.79. The number of thioether (sulfide) groups is 1. The number of carbonyl (C=O) groups is 2. The molecule has 5 nitrogen and oxygen atoms in total. The maximum atomic E-state index is 12.2. The zero-order chi connectivity index (χ0) is 14.9. The van der Waals surface area contributed by atoms with Crippen molar-refractivity contribution < 1.29 is 14.7 Å². The monoisotopic (exact) mass is 314 g/mol. The molecule has 1 aliphatic rings. The van der Waals surface area contributed by atoms with Crippen molar-refractivity contribution in [1.82, 2.24) is 4.90 Å². The molecule has 20 heavy (non-hydrogen) atoms. The Bertz CT molecular complexity index is 552. The summed E-state index contributed by atoms with van der Waals surface area (Å²) in [5, 5.41) is 12.2. The number of aryl methyl sites for hydroxylation is 1. The van der Waals surface area contributed by atoms with Gasteiger partial charge in [-0.15, -0.1) is 11.8 Å². The molecule has 1 fully saturated rings. The summed E-state index contributed by atoms with van der Waals surface area (Å²) >= 11 is 7.45. The second-order valence-corrected chi connectivity index (χ2v) is 6.34. The molecule has 1 aromatic carbocycles. The van der Waals surface area contributed by atoms with Gasteiger partial charge in [-0.05, 0) is 31.5 Å². The van der Waals surface area contributed by atoms with Crippen molar-refractivity contribution >= 4 is 41.1 Å². The minimum Gasteiger partial charge on any atom is -0.480 e. The number of hydrogen-bond donors (Lipinski definition) is 2. The van der Waals surface area contributed by atoms with Crippen molar-refractivity contribution in [3.63, 3.8) is 0 Å². The van der Waals surface area contributed by atoms with Gasteiger partial charge in [0.05, 0.1) is 5.37 Å². The summed E-state index contributed by atoms with van der Waals surface area (Å²) < 4.78 is 0. The van der Waals surface area contributed by atoms with E-state index in [0.29, 0.717) is 16.5 Å². The summed E-state index contributed by atoms with van der Waals surface area (Å²) in [7, 11) is 0. The van der Waals surface area contributed by atoms with Crippen LogP contribution in [-0.2, 0) is 4.79 Å². The number of benzene rings is 1. The van der Waals surface area contributed by atoms with E-state index in [1.54, 1.807) is 18.2 Å². The Kier molecular flexibility index (Phi) is 4.45. The molecule has 1 heterocycles. The van der Waals surface area contributed by atoms with Crippen LogP contribution < -0.4 is 5.32 Å². The van der Waals surface area contributed by atoms with Crippen LogP contribution in [-0.4, -0.2) is 39.2 Å². The highest BCUT2D eigenvalue weighted by Crippen LogP contribution is 2.29. The maximum absolute atomic E-state index is 12.2. The lowest BCUT2D eigenvalue weighted by Gasteiger charge is -2.25. The minimum atomic E-state index is -0.987. The fraction of sp³-hybridized carbons (Fsp3) is 0.385. The van der Waals surface area contributed by atoms with E-state index < -0.39 is 18.0 Å². The first-order valence-corrected chi connectivity index (χ1v) is 7.52. The molecule has 2 rings (SSSR count).